The molecule has 0 bridgehead atoms. The van der Waals surface area contributed by atoms with Gasteiger partial charge in [-0.2, -0.15) is 0 Å². The van der Waals surface area contributed by atoms with Gasteiger partial charge in [0.1, 0.15) is 40.6 Å². The van der Waals surface area contributed by atoms with Crippen molar-refractivity contribution in [1.29, 1.82) is 0 Å². The van der Waals surface area contributed by atoms with Crippen molar-refractivity contribution < 1.29 is 46.8 Å². The molecule has 2 N–H and O–H groups in total. The molecule has 46 heavy (non-hydrogen) atoms. The number of fused-ring (bicyclic) bond motifs is 2. The average Bonchev–Trinajstić information content (AvgIpc) is 3.04. The van der Waals surface area contributed by atoms with Crippen LogP contribution in [0.3, 0.4) is 0 Å². The van der Waals surface area contributed by atoms with Gasteiger partial charge in [-0.05, 0) is 80.1 Å². The SMILES string of the molecule is CCOC(=O)c1cc(-c2ccc(F)cc2F)c2c(n1)OC(CO)CC2.OCC1CCc2c(-c3ccc(F)cc3F)cc(Cl)nc2O1. The van der Waals surface area contributed by atoms with Crippen LogP contribution in [0.15, 0.2) is 48.5 Å². The molecule has 0 amide bonds. The first kappa shape index (κ1) is 33.1. The summed E-state index contributed by atoms with van der Waals surface area (Å²) in [6.07, 6.45) is 1.42. The smallest absolute Gasteiger partial charge is 0.357 e. The van der Waals surface area contributed by atoms with Crippen LogP contribution in [0.2, 0.25) is 5.15 Å². The Hall–Kier alpha value is -4.26. The van der Waals surface area contributed by atoms with E-state index in [0.29, 0.717) is 48.3 Å². The molecule has 4 aromatic rings. The van der Waals surface area contributed by atoms with Crippen molar-refractivity contribution >= 4 is 17.6 Å². The number of nitrogens with zero attached hydrogens (tertiary/aromatic N) is 2. The summed E-state index contributed by atoms with van der Waals surface area (Å²) in [5.74, 6) is -2.94. The number of carbonyl (C=O) groups excluding carboxylic acids is 1. The predicted molar refractivity (Wildman–Crippen MR) is 160 cm³/mol. The van der Waals surface area contributed by atoms with Crippen molar-refractivity contribution in [2.24, 2.45) is 0 Å². The van der Waals surface area contributed by atoms with Gasteiger partial charge < -0.3 is 24.4 Å². The van der Waals surface area contributed by atoms with Crippen LogP contribution in [0.25, 0.3) is 22.3 Å². The van der Waals surface area contributed by atoms with Crippen molar-refractivity contribution in [3.63, 3.8) is 0 Å². The first-order valence-corrected chi connectivity index (χ1v) is 14.9. The van der Waals surface area contributed by atoms with Gasteiger partial charge in [0.15, 0.2) is 5.69 Å². The zero-order valence-corrected chi connectivity index (χ0v) is 25.3. The molecule has 6 rings (SSSR count). The predicted octanol–water partition coefficient (Wildman–Crippen LogP) is 6.26. The number of ether oxygens (including phenoxy) is 3. The van der Waals surface area contributed by atoms with E-state index in [1.54, 1.807) is 13.0 Å². The molecule has 2 aromatic heterocycles. The van der Waals surface area contributed by atoms with E-state index < -0.39 is 35.3 Å². The second kappa shape index (κ2) is 14.4. The topological polar surface area (TPSA) is 111 Å². The van der Waals surface area contributed by atoms with Gasteiger partial charge in [0.2, 0.25) is 11.8 Å². The summed E-state index contributed by atoms with van der Waals surface area (Å²) in [5.41, 5.74) is 2.65. The zero-order valence-electron chi connectivity index (χ0n) is 24.5. The fourth-order valence-corrected chi connectivity index (χ4v) is 5.44. The summed E-state index contributed by atoms with van der Waals surface area (Å²) in [4.78, 5) is 20.3. The van der Waals surface area contributed by atoms with E-state index in [4.69, 9.17) is 30.9 Å². The summed E-state index contributed by atoms with van der Waals surface area (Å²) in [6, 6.07) is 9.61. The molecule has 0 radical (unpaired) electrons. The Labute approximate surface area is 266 Å². The third kappa shape index (κ3) is 7.24. The highest BCUT2D eigenvalue weighted by Gasteiger charge is 2.28. The molecule has 0 saturated heterocycles. The molecule has 2 unspecified atom stereocenters. The monoisotopic (exact) mass is 660 g/mol. The highest BCUT2D eigenvalue weighted by Crippen LogP contribution is 2.38. The largest absolute Gasteiger partial charge is 0.472 e. The highest BCUT2D eigenvalue weighted by atomic mass is 35.5. The lowest BCUT2D eigenvalue weighted by Gasteiger charge is -2.26. The molecule has 8 nitrogen and oxygen atoms in total. The Balaban J connectivity index is 0.000000184. The summed E-state index contributed by atoms with van der Waals surface area (Å²) in [5, 5.41) is 18.6. The van der Waals surface area contributed by atoms with E-state index in [1.807, 2.05) is 0 Å². The Morgan fingerprint density at radius 1 is 0.804 bits per heavy atom. The Morgan fingerprint density at radius 2 is 1.30 bits per heavy atom. The van der Waals surface area contributed by atoms with Crippen LogP contribution in [-0.4, -0.2) is 58.2 Å². The van der Waals surface area contributed by atoms with E-state index in [-0.39, 0.29) is 53.8 Å². The van der Waals surface area contributed by atoms with E-state index >= 15 is 0 Å². The molecule has 0 fully saturated rings. The van der Waals surface area contributed by atoms with Crippen molar-refractivity contribution in [2.45, 2.75) is 44.8 Å². The van der Waals surface area contributed by atoms with Gasteiger partial charge in [-0.3, -0.25) is 0 Å². The van der Waals surface area contributed by atoms with Crippen LogP contribution in [0, 0.1) is 23.3 Å². The molecule has 2 aliphatic rings. The fraction of sp³-hybridized carbons (Fsp3) is 0.303. The van der Waals surface area contributed by atoms with Gasteiger partial charge >= 0.3 is 5.97 Å². The van der Waals surface area contributed by atoms with Crippen molar-refractivity contribution in [3.8, 4) is 34.0 Å². The van der Waals surface area contributed by atoms with E-state index in [9.17, 15) is 27.5 Å². The summed E-state index contributed by atoms with van der Waals surface area (Å²) < 4.78 is 70.7. The molecular weight excluding hydrogens is 632 g/mol. The number of rotatable bonds is 6. The van der Waals surface area contributed by atoms with Crippen LogP contribution in [-0.2, 0) is 17.6 Å². The summed E-state index contributed by atoms with van der Waals surface area (Å²) in [6.45, 7) is 1.52. The normalized spacial score (nSPS) is 16.6. The molecule has 0 spiro atoms. The Bertz CT molecular complexity index is 1760. The van der Waals surface area contributed by atoms with E-state index in [0.717, 1.165) is 23.8 Å². The lowest BCUT2D eigenvalue weighted by atomic mass is 9.94. The summed E-state index contributed by atoms with van der Waals surface area (Å²) >= 11 is 5.96. The third-order valence-electron chi connectivity index (χ3n) is 7.47. The number of hydrogen-bond donors (Lipinski definition) is 2. The zero-order chi connectivity index (χ0) is 33.0. The third-order valence-corrected chi connectivity index (χ3v) is 7.66. The quantitative estimate of drug-likeness (QED) is 0.142. The van der Waals surface area contributed by atoms with Gasteiger partial charge in [0, 0.05) is 34.4 Å². The van der Waals surface area contributed by atoms with Crippen molar-refractivity contribution in [1.82, 2.24) is 9.97 Å². The molecule has 2 atom stereocenters. The summed E-state index contributed by atoms with van der Waals surface area (Å²) in [7, 11) is 0. The van der Waals surface area contributed by atoms with Crippen LogP contribution < -0.4 is 9.47 Å². The molecule has 0 saturated carbocycles. The van der Waals surface area contributed by atoms with Crippen LogP contribution in [0.1, 0.15) is 41.4 Å². The number of aliphatic hydroxyl groups is 2. The van der Waals surface area contributed by atoms with Gasteiger partial charge in [-0.15, -0.1) is 0 Å². The number of pyridine rings is 2. The van der Waals surface area contributed by atoms with Gasteiger partial charge in [0.05, 0.1) is 19.8 Å². The average molecular weight is 661 g/mol. The molecule has 4 heterocycles. The number of carbonyl (C=O) groups is 1. The van der Waals surface area contributed by atoms with Gasteiger partial charge in [0.25, 0.3) is 0 Å². The van der Waals surface area contributed by atoms with Crippen molar-refractivity contribution in [3.05, 3.63) is 93.8 Å². The molecule has 13 heteroatoms. The van der Waals surface area contributed by atoms with E-state index in [1.165, 1.54) is 24.3 Å². The minimum atomic E-state index is -0.743. The second-order valence-electron chi connectivity index (χ2n) is 10.5. The Morgan fingerprint density at radius 3 is 1.78 bits per heavy atom. The number of aromatic nitrogens is 2. The standard InChI is InChI=1S/C18H17F2NO4.C15H12ClF2NO2/c1-2-24-18(23)16-8-14(12-5-3-10(19)7-15(12)20)13-6-4-11(9-22)25-17(13)21-16;16-14-6-12(10-3-1-8(17)5-13(10)18)11-4-2-9(7-20)21-15(11)19-14/h3,5,7-8,11,22H,2,4,6,9H2,1H3;1,3,5-6,9,20H,2,4,7H2. The number of aliphatic hydroxyl groups excluding tert-OH is 2. The van der Waals surface area contributed by atoms with Crippen LogP contribution in [0.5, 0.6) is 11.8 Å². The second-order valence-corrected chi connectivity index (χ2v) is 10.9. The lowest BCUT2D eigenvalue weighted by molar-refractivity contribution is 0.0514. The maximum Gasteiger partial charge on any atom is 0.357 e. The molecule has 2 aromatic carbocycles. The van der Waals surface area contributed by atoms with Crippen LogP contribution in [0.4, 0.5) is 17.6 Å². The maximum absolute atomic E-state index is 14.3. The minimum Gasteiger partial charge on any atom is -0.472 e. The first-order valence-electron chi connectivity index (χ1n) is 14.5. The Kier molecular flexibility index (Phi) is 10.4. The molecule has 2 aliphatic heterocycles. The first-order chi connectivity index (χ1) is 22.1. The molecule has 242 valence electrons. The molecular formula is C33H29ClF4N2O6. The molecule has 0 aliphatic carbocycles. The van der Waals surface area contributed by atoms with Gasteiger partial charge in [-0.1, -0.05) is 11.6 Å². The maximum atomic E-state index is 14.3. The number of esters is 1. The van der Waals surface area contributed by atoms with Crippen molar-refractivity contribution in [2.75, 3.05) is 19.8 Å². The number of benzene rings is 2. The van der Waals surface area contributed by atoms with E-state index in [2.05, 4.69) is 9.97 Å². The fourth-order valence-electron chi connectivity index (χ4n) is 5.25. The number of hydrogen-bond acceptors (Lipinski definition) is 8. The van der Waals surface area contributed by atoms with Gasteiger partial charge in [-0.25, -0.2) is 32.3 Å². The minimum absolute atomic E-state index is 0.0297. The highest BCUT2D eigenvalue weighted by molar-refractivity contribution is 6.29. The lowest BCUT2D eigenvalue weighted by Crippen LogP contribution is -2.27. The number of halogens is 5. The van der Waals surface area contributed by atoms with Crippen LogP contribution >= 0.6 is 11.6 Å².